The molecule has 1 aromatic heterocycles. The molecule has 2 rings (SSSR count). The molecule has 2 N–H and O–H groups in total. The van der Waals surface area contributed by atoms with Crippen molar-refractivity contribution in [3.05, 3.63) is 48.2 Å². The highest BCUT2D eigenvalue weighted by Gasteiger charge is 2.04. The number of nitrogens with two attached hydrogens (primary N) is 1. The summed E-state index contributed by atoms with van der Waals surface area (Å²) in [6, 6.07) is 11.2. The second-order valence-corrected chi connectivity index (χ2v) is 4.23. The van der Waals surface area contributed by atoms with Crippen LogP contribution in [-0.4, -0.2) is 11.6 Å². The van der Waals surface area contributed by atoms with Crippen LogP contribution in [0, 0.1) is 0 Å². The summed E-state index contributed by atoms with van der Waals surface area (Å²) in [6.45, 7) is 4.50. The number of nitrogens with zero attached hydrogens (tertiary/aromatic N) is 1. The Balaban J connectivity index is 2.16. The molecule has 0 aliphatic heterocycles. The molecule has 1 unspecified atom stereocenters. The average molecular weight is 258 g/mol. The quantitative estimate of drug-likeness (QED) is 0.894. The topological polar surface area (TPSA) is 57.4 Å². The van der Waals surface area contributed by atoms with E-state index in [9.17, 15) is 0 Å². The minimum absolute atomic E-state index is 0.0416. The summed E-state index contributed by atoms with van der Waals surface area (Å²) >= 11 is 0. The first-order valence-corrected chi connectivity index (χ1v) is 6.31. The van der Waals surface area contributed by atoms with Gasteiger partial charge < -0.3 is 15.2 Å². The summed E-state index contributed by atoms with van der Waals surface area (Å²) in [5.74, 6) is 2.01. The molecule has 0 radical (unpaired) electrons. The van der Waals surface area contributed by atoms with E-state index in [0.29, 0.717) is 18.2 Å². The fraction of sp³-hybridized carbons (Fsp3) is 0.267. The first-order valence-electron chi connectivity index (χ1n) is 6.31. The SMILES string of the molecule is CCOc1cccc(Oc2cc(C(C)N)ccn2)c1. The Bertz CT molecular complexity index is 541. The summed E-state index contributed by atoms with van der Waals surface area (Å²) in [5.41, 5.74) is 6.83. The van der Waals surface area contributed by atoms with Crippen LogP contribution in [0.1, 0.15) is 25.5 Å². The van der Waals surface area contributed by atoms with Crippen LogP contribution < -0.4 is 15.2 Å². The molecule has 1 heterocycles. The zero-order valence-electron chi connectivity index (χ0n) is 11.2. The molecule has 0 fully saturated rings. The van der Waals surface area contributed by atoms with E-state index < -0.39 is 0 Å². The van der Waals surface area contributed by atoms with Gasteiger partial charge in [-0.1, -0.05) is 6.07 Å². The average Bonchev–Trinajstić information content (AvgIpc) is 2.40. The standard InChI is InChI=1S/C15H18N2O2/c1-3-18-13-5-4-6-14(10-13)19-15-9-12(11(2)16)7-8-17-15/h4-11H,3,16H2,1-2H3. The Morgan fingerprint density at radius 3 is 2.74 bits per heavy atom. The van der Waals surface area contributed by atoms with Gasteiger partial charge in [0.15, 0.2) is 0 Å². The molecule has 0 spiro atoms. The highest BCUT2D eigenvalue weighted by molar-refractivity contribution is 5.36. The van der Waals surface area contributed by atoms with Crippen LogP contribution in [0.25, 0.3) is 0 Å². The van der Waals surface area contributed by atoms with Crippen molar-refractivity contribution in [2.45, 2.75) is 19.9 Å². The number of hydrogen-bond donors (Lipinski definition) is 1. The lowest BCUT2D eigenvalue weighted by molar-refractivity contribution is 0.338. The van der Waals surface area contributed by atoms with Crippen LogP contribution in [0.2, 0.25) is 0 Å². The van der Waals surface area contributed by atoms with Crippen molar-refractivity contribution in [3.8, 4) is 17.4 Å². The number of aromatic nitrogens is 1. The molecular weight excluding hydrogens is 240 g/mol. The summed E-state index contributed by atoms with van der Waals surface area (Å²) in [4.78, 5) is 4.17. The summed E-state index contributed by atoms with van der Waals surface area (Å²) < 4.78 is 11.1. The van der Waals surface area contributed by atoms with E-state index in [1.54, 1.807) is 6.20 Å². The second kappa shape index (κ2) is 6.20. The number of rotatable bonds is 5. The molecule has 1 atom stereocenters. The van der Waals surface area contributed by atoms with Crippen LogP contribution in [0.3, 0.4) is 0 Å². The third-order valence-electron chi connectivity index (χ3n) is 2.62. The first-order chi connectivity index (χ1) is 9.19. The highest BCUT2D eigenvalue weighted by Crippen LogP contribution is 2.25. The zero-order valence-corrected chi connectivity index (χ0v) is 11.2. The maximum absolute atomic E-state index is 5.84. The van der Waals surface area contributed by atoms with Gasteiger partial charge in [-0.05, 0) is 37.6 Å². The van der Waals surface area contributed by atoms with Gasteiger partial charge in [-0.25, -0.2) is 4.98 Å². The van der Waals surface area contributed by atoms with Crippen molar-refractivity contribution in [1.82, 2.24) is 4.98 Å². The Labute approximate surface area is 113 Å². The lowest BCUT2D eigenvalue weighted by atomic mass is 10.1. The minimum Gasteiger partial charge on any atom is -0.494 e. The highest BCUT2D eigenvalue weighted by atomic mass is 16.5. The fourth-order valence-electron chi connectivity index (χ4n) is 1.68. The molecule has 1 aromatic carbocycles. The maximum atomic E-state index is 5.84. The molecular formula is C15H18N2O2. The Hall–Kier alpha value is -2.07. The molecule has 19 heavy (non-hydrogen) atoms. The van der Waals surface area contributed by atoms with Crippen molar-refractivity contribution in [1.29, 1.82) is 0 Å². The largest absolute Gasteiger partial charge is 0.494 e. The maximum Gasteiger partial charge on any atom is 0.219 e. The predicted molar refractivity (Wildman–Crippen MR) is 74.5 cm³/mol. The van der Waals surface area contributed by atoms with Gasteiger partial charge in [0.25, 0.3) is 0 Å². The van der Waals surface area contributed by atoms with Gasteiger partial charge in [0.05, 0.1) is 6.61 Å². The lowest BCUT2D eigenvalue weighted by Crippen LogP contribution is -2.05. The van der Waals surface area contributed by atoms with E-state index >= 15 is 0 Å². The van der Waals surface area contributed by atoms with Crippen molar-refractivity contribution in [2.24, 2.45) is 5.73 Å². The molecule has 0 amide bonds. The molecule has 0 aliphatic carbocycles. The van der Waals surface area contributed by atoms with Gasteiger partial charge in [0, 0.05) is 24.4 Å². The smallest absolute Gasteiger partial charge is 0.219 e. The molecule has 4 nitrogen and oxygen atoms in total. The second-order valence-electron chi connectivity index (χ2n) is 4.23. The number of pyridine rings is 1. The van der Waals surface area contributed by atoms with Crippen molar-refractivity contribution >= 4 is 0 Å². The Morgan fingerprint density at radius 2 is 2.00 bits per heavy atom. The van der Waals surface area contributed by atoms with Gasteiger partial charge in [0.2, 0.25) is 5.88 Å². The number of hydrogen-bond acceptors (Lipinski definition) is 4. The van der Waals surface area contributed by atoms with Gasteiger partial charge in [-0.15, -0.1) is 0 Å². The van der Waals surface area contributed by atoms with E-state index in [2.05, 4.69) is 4.98 Å². The number of ether oxygens (including phenoxy) is 2. The normalized spacial score (nSPS) is 11.9. The molecule has 2 aromatic rings. The van der Waals surface area contributed by atoms with Gasteiger partial charge in [0.1, 0.15) is 11.5 Å². The predicted octanol–water partition coefficient (Wildman–Crippen LogP) is 3.29. The van der Waals surface area contributed by atoms with E-state index in [-0.39, 0.29) is 6.04 Å². The fourth-order valence-corrected chi connectivity index (χ4v) is 1.68. The molecule has 0 aliphatic rings. The Kier molecular flexibility index (Phi) is 4.36. The van der Waals surface area contributed by atoms with E-state index in [0.717, 1.165) is 11.3 Å². The van der Waals surface area contributed by atoms with Crippen LogP contribution in [0.15, 0.2) is 42.6 Å². The third-order valence-corrected chi connectivity index (χ3v) is 2.62. The molecule has 0 saturated heterocycles. The van der Waals surface area contributed by atoms with Crippen molar-refractivity contribution in [3.63, 3.8) is 0 Å². The van der Waals surface area contributed by atoms with Crippen LogP contribution >= 0.6 is 0 Å². The van der Waals surface area contributed by atoms with Gasteiger partial charge in [-0.2, -0.15) is 0 Å². The van der Waals surface area contributed by atoms with Crippen LogP contribution in [-0.2, 0) is 0 Å². The molecule has 4 heteroatoms. The monoisotopic (exact) mass is 258 g/mol. The summed E-state index contributed by atoms with van der Waals surface area (Å²) in [5, 5.41) is 0. The lowest BCUT2D eigenvalue weighted by Gasteiger charge is -2.09. The first kappa shape index (κ1) is 13.4. The number of benzene rings is 1. The third kappa shape index (κ3) is 3.69. The summed E-state index contributed by atoms with van der Waals surface area (Å²) in [6.07, 6.45) is 1.69. The van der Waals surface area contributed by atoms with Gasteiger partial charge in [-0.3, -0.25) is 0 Å². The summed E-state index contributed by atoms with van der Waals surface area (Å²) in [7, 11) is 0. The molecule has 100 valence electrons. The molecule has 0 bridgehead atoms. The minimum atomic E-state index is -0.0416. The van der Waals surface area contributed by atoms with Gasteiger partial charge >= 0.3 is 0 Å². The van der Waals surface area contributed by atoms with E-state index in [4.69, 9.17) is 15.2 Å². The van der Waals surface area contributed by atoms with E-state index in [1.807, 2.05) is 50.2 Å². The van der Waals surface area contributed by atoms with Crippen LogP contribution in [0.4, 0.5) is 0 Å². The zero-order chi connectivity index (χ0) is 13.7. The van der Waals surface area contributed by atoms with Crippen molar-refractivity contribution in [2.75, 3.05) is 6.61 Å². The van der Waals surface area contributed by atoms with E-state index in [1.165, 1.54) is 0 Å². The Morgan fingerprint density at radius 1 is 1.21 bits per heavy atom. The molecule has 0 saturated carbocycles. The van der Waals surface area contributed by atoms with Crippen LogP contribution in [0.5, 0.6) is 17.4 Å². The van der Waals surface area contributed by atoms with Crippen molar-refractivity contribution < 1.29 is 9.47 Å².